The molecule has 137 valence electrons. The molecule has 1 rings (SSSR count). The number of benzene rings is 1. The third-order valence-corrected chi connectivity index (χ3v) is 9.92. The predicted octanol–water partition coefficient (Wildman–Crippen LogP) is 6.38. The minimum atomic E-state index is -2.59. The highest BCUT2D eigenvalue weighted by molar-refractivity contribution is 7.65. The Bertz CT molecular complexity index is 433. The SMILES string of the molecule is Cl[Si](Cl)(Cl)CCCO[Si](Cc1ccccc1)OCCC[Si](Cl)(Cl)Cl. The molecular formula is C13H19Cl6O2Si3. The highest BCUT2D eigenvalue weighted by atomic mass is 35.8. The van der Waals surface area contributed by atoms with Crippen molar-refractivity contribution < 1.29 is 8.85 Å². The normalized spacial score (nSPS) is 12.8. The van der Waals surface area contributed by atoms with Crippen LogP contribution in [0.4, 0.5) is 0 Å². The Morgan fingerprint density at radius 1 is 0.750 bits per heavy atom. The van der Waals surface area contributed by atoms with E-state index in [4.69, 9.17) is 75.3 Å². The Morgan fingerprint density at radius 2 is 1.21 bits per heavy atom. The van der Waals surface area contributed by atoms with Gasteiger partial charge in [0.1, 0.15) is 0 Å². The van der Waals surface area contributed by atoms with Crippen molar-refractivity contribution in [1.29, 1.82) is 0 Å². The van der Waals surface area contributed by atoms with Gasteiger partial charge in [-0.1, -0.05) is 30.3 Å². The Morgan fingerprint density at radius 3 is 1.62 bits per heavy atom. The smallest absolute Gasteiger partial charge is 0.389 e. The zero-order valence-corrected chi connectivity index (χ0v) is 20.5. The van der Waals surface area contributed by atoms with Crippen molar-refractivity contribution in [3.05, 3.63) is 35.9 Å². The lowest BCUT2D eigenvalue weighted by molar-refractivity contribution is 0.196. The van der Waals surface area contributed by atoms with Crippen molar-refractivity contribution >= 4 is 87.8 Å². The van der Waals surface area contributed by atoms with Crippen LogP contribution in [0.5, 0.6) is 0 Å². The first-order chi connectivity index (χ1) is 11.2. The van der Waals surface area contributed by atoms with Crippen LogP contribution in [-0.4, -0.2) is 34.5 Å². The van der Waals surface area contributed by atoms with Gasteiger partial charge in [-0.05, 0) is 30.5 Å². The van der Waals surface area contributed by atoms with E-state index in [1.54, 1.807) is 0 Å². The van der Waals surface area contributed by atoms with Crippen molar-refractivity contribution in [2.75, 3.05) is 13.2 Å². The second kappa shape index (κ2) is 12.1. The first-order valence-corrected chi connectivity index (χ1v) is 19.5. The molecule has 0 aromatic heterocycles. The van der Waals surface area contributed by atoms with Crippen LogP contribution in [0.1, 0.15) is 18.4 Å². The Labute approximate surface area is 175 Å². The Kier molecular flexibility index (Phi) is 11.9. The molecule has 0 saturated heterocycles. The van der Waals surface area contributed by atoms with Crippen molar-refractivity contribution in [2.24, 2.45) is 0 Å². The standard InChI is InChI=1S/C13H19Cl6O2Si3/c14-23(15,16)10-4-8-20-22(12-13-6-2-1-3-7-13)21-9-5-11-24(17,18)19/h1-3,6-7H,4-5,8-12H2. The van der Waals surface area contributed by atoms with Crippen LogP contribution < -0.4 is 0 Å². The molecule has 0 spiro atoms. The number of hydrogen-bond donors (Lipinski definition) is 0. The highest BCUT2D eigenvalue weighted by Gasteiger charge is 2.26. The third-order valence-electron chi connectivity index (χ3n) is 2.93. The summed E-state index contributed by atoms with van der Waals surface area (Å²) in [6.07, 6.45) is 1.44. The molecule has 1 aromatic carbocycles. The fourth-order valence-electron chi connectivity index (χ4n) is 1.82. The van der Waals surface area contributed by atoms with E-state index in [-0.39, 0.29) is 0 Å². The van der Waals surface area contributed by atoms with Crippen LogP contribution in [-0.2, 0) is 14.9 Å². The zero-order valence-electron chi connectivity index (χ0n) is 12.9. The first kappa shape index (κ1) is 23.6. The van der Waals surface area contributed by atoms with Gasteiger partial charge in [0, 0.05) is 19.3 Å². The van der Waals surface area contributed by atoms with Crippen LogP contribution in [0.3, 0.4) is 0 Å². The second-order valence-electron chi connectivity index (χ2n) is 5.17. The molecule has 0 amide bonds. The Hall–Kier alpha value is 1.53. The van der Waals surface area contributed by atoms with Crippen LogP contribution in [0.2, 0.25) is 12.1 Å². The van der Waals surface area contributed by atoms with Gasteiger partial charge in [0.25, 0.3) is 0 Å². The van der Waals surface area contributed by atoms with Gasteiger partial charge >= 0.3 is 21.3 Å². The maximum atomic E-state index is 5.91. The van der Waals surface area contributed by atoms with Gasteiger partial charge in [0.05, 0.1) is 0 Å². The maximum absolute atomic E-state index is 5.91. The summed E-state index contributed by atoms with van der Waals surface area (Å²) in [6.45, 7) is 1.06. The molecule has 0 heterocycles. The molecule has 0 aliphatic heterocycles. The summed E-state index contributed by atoms with van der Waals surface area (Å²) in [5.74, 6) is 0. The molecule has 0 atom stereocenters. The molecule has 0 N–H and O–H groups in total. The lowest BCUT2D eigenvalue weighted by Gasteiger charge is -2.17. The lowest BCUT2D eigenvalue weighted by atomic mass is 10.2. The summed E-state index contributed by atoms with van der Waals surface area (Å²) in [7, 11) is -1.46. The number of hydrogen-bond acceptors (Lipinski definition) is 2. The predicted molar refractivity (Wildman–Crippen MR) is 113 cm³/mol. The topological polar surface area (TPSA) is 18.5 Å². The van der Waals surface area contributed by atoms with Crippen LogP contribution in [0.15, 0.2) is 30.3 Å². The summed E-state index contributed by atoms with van der Waals surface area (Å²) in [4.78, 5) is 0. The molecular weight excluding hydrogens is 485 g/mol. The van der Waals surface area contributed by atoms with Crippen LogP contribution in [0, 0.1) is 0 Å². The molecule has 0 saturated carbocycles. The molecule has 24 heavy (non-hydrogen) atoms. The summed E-state index contributed by atoms with van der Waals surface area (Å²) in [5.41, 5.74) is 1.18. The average molecular weight is 504 g/mol. The summed E-state index contributed by atoms with van der Waals surface area (Å²) < 4.78 is 11.8. The molecule has 0 bridgehead atoms. The third kappa shape index (κ3) is 13.7. The monoisotopic (exact) mass is 501 g/mol. The van der Waals surface area contributed by atoms with Gasteiger partial charge in [0.2, 0.25) is 0 Å². The molecule has 0 unspecified atom stereocenters. The van der Waals surface area contributed by atoms with Gasteiger partial charge < -0.3 is 8.85 Å². The van der Waals surface area contributed by atoms with Gasteiger partial charge in [0.15, 0.2) is 0 Å². The van der Waals surface area contributed by atoms with E-state index in [0.29, 0.717) is 25.3 Å². The molecule has 1 aromatic rings. The second-order valence-corrected chi connectivity index (χ2v) is 25.4. The molecule has 0 fully saturated rings. The molecule has 0 aliphatic carbocycles. The number of rotatable bonds is 12. The maximum Gasteiger partial charge on any atom is 0.389 e. The van der Waals surface area contributed by atoms with Crippen molar-refractivity contribution in [1.82, 2.24) is 0 Å². The van der Waals surface area contributed by atoms with Crippen LogP contribution >= 0.6 is 66.5 Å². The van der Waals surface area contributed by atoms with Gasteiger partial charge in [-0.15, -0.1) is 66.5 Å². The first-order valence-electron chi connectivity index (χ1n) is 7.44. The summed E-state index contributed by atoms with van der Waals surface area (Å²) in [6, 6.07) is 6.82. The van der Waals surface area contributed by atoms with Crippen molar-refractivity contribution in [3.8, 4) is 0 Å². The van der Waals surface area contributed by atoms with Crippen molar-refractivity contribution in [3.63, 3.8) is 0 Å². The van der Waals surface area contributed by atoms with E-state index in [2.05, 4.69) is 12.1 Å². The van der Waals surface area contributed by atoms with E-state index < -0.39 is 21.3 Å². The van der Waals surface area contributed by atoms with E-state index in [1.165, 1.54) is 5.56 Å². The fourth-order valence-corrected chi connectivity index (χ4v) is 6.92. The minimum absolute atomic E-state index is 0.529. The van der Waals surface area contributed by atoms with Gasteiger partial charge in [-0.3, -0.25) is 0 Å². The van der Waals surface area contributed by atoms with E-state index >= 15 is 0 Å². The highest BCUT2D eigenvalue weighted by Crippen LogP contribution is 2.27. The van der Waals surface area contributed by atoms with Gasteiger partial charge in [-0.25, -0.2) is 0 Å². The van der Waals surface area contributed by atoms with E-state index in [9.17, 15) is 0 Å². The van der Waals surface area contributed by atoms with Gasteiger partial charge in [-0.2, -0.15) is 0 Å². The fraction of sp³-hybridized carbons (Fsp3) is 0.538. The molecule has 1 radical (unpaired) electrons. The molecule has 2 nitrogen and oxygen atoms in total. The van der Waals surface area contributed by atoms with Crippen molar-refractivity contribution in [2.45, 2.75) is 31.0 Å². The lowest BCUT2D eigenvalue weighted by Crippen LogP contribution is -2.28. The average Bonchev–Trinajstić information content (AvgIpc) is 2.46. The summed E-state index contributed by atoms with van der Waals surface area (Å²) >= 11 is 35.3. The van der Waals surface area contributed by atoms with E-state index in [0.717, 1.165) is 18.9 Å². The number of halogens is 6. The minimum Gasteiger partial charge on any atom is -0.393 e. The van der Waals surface area contributed by atoms with Crippen LogP contribution in [0.25, 0.3) is 0 Å². The largest absolute Gasteiger partial charge is 0.393 e. The Balaban J connectivity index is 2.40. The molecule has 11 heteroatoms. The molecule has 0 aliphatic rings. The van der Waals surface area contributed by atoms with E-state index in [1.807, 2.05) is 18.2 Å². The zero-order chi connectivity index (χ0) is 18.1. The summed E-state index contributed by atoms with van der Waals surface area (Å²) in [5, 5.41) is 0. The quantitative estimate of drug-likeness (QED) is 0.187.